The van der Waals surface area contributed by atoms with E-state index < -0.39 is 17.9 Å². The molecular weight excluding hydrogens is 160 g/mol. The van der Waals surface area contributed by atoms with Crippen molar-refractivity contribution < 1.29 is 19.4 Å². The minimum atomic E-state index is -1.06. The predicted octanol–water partition coefficient (Wildman–Crippen LogP) is 0.660. The van der Waals surface area contributed by atoms with E-state index >= 15 is 0 Å². The van der Waals surface area contributed by atoms with Gasteiger partial charge in [-0.2, -0.15) is 0 Å². The fourth-order valence-electron chi connectivity index (χ4n) is 1.49. The highest BCUT2D eigenvalue weighted by Crippen LogP contribution is 2.26. The standard InChI is InChI=1S/C8H12O4/c1-2-3-5-4-12-8(11)6(5)7(9)10/h5-6H,2-4H2,1H3,(H,9,10). The van der Waals surface area contributed by atoms with Crippen molar-refractivity contribution in [3.8, 4) is 0 Å². The van der Waals surface area contributed by atoms with Gasteiger partial charge in [-0.25, -0.2) is 0 Å². The molecule has 1 saturated heterocycles. The molecule has 1 aliphatic heterocycles. The van der Waals surface area contributed by atoms with Gasteiger partial charge in [-0.05, 0) is 6.42 Å². The molecule has 1 N–H and O–H groups in total. The zero-order valence-electron chi connectivity index (χ0n) is 6.95. The third-order valence-electron chi connectivity index (χ3n) is 2.09. The Balaban J connectivity index is 2.63. The van der Waals surface area contributed by atoms with E-state index in [-0.39, 0.29) is 12.5 Å². The number of ether oxygens (including phenoxy) is 1. The Hall–Kier alpha value is -1.06. The molecule has 12 heavy (non-hydrogen) atoms. The number of cyclic esters (lactones) is 1. The van der Waals surface area contributed by atoms with Crippen molar-refractivity contribution in [3.63, 3.8) is 0 Å². The van der Waals surface area contributed by atoms with Crippen LogP contribution in [0.5, 0.6) is 0 Å². The summed E-state index contributed by atoms with van der Waals surface area (Å²) in [5.74, 6) is -2.69. The quantitative estimate of drug-likeness (QED) is 0.501. The Bertz CT molecular complexity index is 199. The Morgan fingerprint density at radius 1 is 1.75 bits per heavy atom. The van der Waals surface area contributed by atoms with Crippen molar-refractivity contribution in [2.75, 3.05) is 6.61 Å². The summed E-state index contributed by atoms with van der Waals surface area (Å²) in [6.45, 7) is 2.23. The van der Waals surface area contributed by atoms with Crippen LogP contribution in [0.1, 0.15) is 19.8 Å². The molecule has 0 saturated carbocycles. The maximum Gasteiger partial charge on any atom is 0.320 e. The van der Waals surface area contributed by atoms with E-state index in [9.17, 15) is 9.59 Å². The predicted molar refractivity (Wildman–Crippen MR) is 40.5 cm³/mol. The second-order valence-electron chi connectivity index (χ2n) is 2.99. The number of esters is 1. The maximum atomic E-state index is 10.9. The Kier molecular flexibility index (Phi) is 2.68. The zero-order chi connectivity index (χ0) is 9.14. The summed E-state index contributed by atoms with van der Waals surface area (Å²) >= 11 is 0. The van der Waals surface area contributed by atoms with Crippen LogP contribution in [0.2, 0.25) is 0 Å². The normalized spacial score (nSPS) is 28.6. The van der Waals surface area contributed by atoms with Crippen molar-refractivity contribution in [3.05, 3.63) is 0 Å². The maximum absolute atomic E-state index is 10.9. The van der Waals surface area contributed by atoms with E-state index in [4.69, 9.17) is 5.11 Å². The fraction of sp³-hybridized carbons (Fsp3) is 0.750. The van der Waals surface area contributed by atoms with Gasteiger partial charge in [0.1, 0.15) is 0 Å². The highest BCUT2D eigenvalue weighted by molar-refractivity contribution is 5.95. The number of carboxylic acid groups (broad SMARTS) is 1. The van der Waals surface area contributed by atoms with Crippen molar-refractivity contribution in [1.29, 1.82) is 0 Å². The molecule has 0 bridgehead atoms. The van der Waals surface area contributed by atoms with Crippen molar-refractivity contribution in [1.82, 2.24) is 0 Å². The first-order chi connectivity index (χ1) is 5.66. The van der Waals surface area contributed by atoms with E-state index in [2.05, 4.69) is 4.74 Å². The van der Waals surface area contributed by atoms with Gasteiger partial charge in [0.05, 0.1) is 6.61 Å². The third-order valence-corrected chi connectivity index (χ3v) is 2.09. The number of hydrogen-bond acceptors (Lipinski definition) is 3. The van der Waals surface area contributed by atoms with Gasteiger partial charge < -0.3 is 9.84 Å². The molecule has 1 fully saturated rings. The van der Waals surface area contributed by atoms with Gasteiger partial charge in [-0.1, -0.05) is 13.3 Å². The SMILES string of the molecule is CCCC1COC(=O)C1C(=O)O. The Morgan fingerprint density at radius 2 is 2.42 bits per heavy atom. The molecule has 1 heterocycles. The summed E-state index contributed by atoms with van der Waals surface area (Å²) in [7, 11) is 0. The van der Waals surface area contributed by atoms with Gasteiger partial charge >= 0.3 is 11.9 Å². The lowest BCUT2D eigenvalue weighted by atomic mass is 9.92. The van der Waals surface area contributed by atoms with Gasteiger partial charge in [-0.3, -0.25) is 9.59 Å². The number of hydrogen-bond donors (Lipinski definition) is 1. The van der Waals surface area contributed by atoms with Crippen molar-refractivity contribution in [2.24, 2.45) is 11.8 Å². The number of carboxylic acids is 1. The van der Waals surface area contributed by atoms with E-state index in [1.807, 2.05) is 6.92 Å². The molecule has 0 spiro atoms. The molecule has 2 atom stereocenters. The van der Waals surface area contributed by atoms with Crippen LogP contribution in [-0.2, 0) is 14.3 Å². The summed E-state index contributed by atoms with van der Waals surface area (Å²) in [4.78, 5) is 21.5. The van der Waals surface area contributed by atoms with Crippen molar-refractivity contribution >= 4 is 11.9 Å². The van der Waals surface area contributed by atoms with Crippen LogP contribution in [-0.4, -0.2) is 23.7 Å². The number of carbonyl (C=O) groups excluding carboxylic acids is 1. The second kappa shape index (κ2) is 3.56. The van der Waals surface area contributed by atoms with E-state index in [0.717, 1.165) is 12.8 Å². The summed E-state index contributed by atoms with van der Waals surface area (Å²) in [5, 5.41) is 8.68. The van der Waals surface area contributed by atoms with Gasteiger partial charge in [0.15, 0.2) is 5.92 Å². The van der Waals surface area contributed by atoms with Crippen LogP contribution in [0.15, 0.2) is 0 Å². The van der Waals surface area contributed by atoms with E-state index in [1.165, 1.54) is 0 Å². The van der Waals surface area contributed by atoms with Gasteiger partial charge in [0, 0.05) is 5.92 Å². The average molecular weight is 172 g/mol. The molecule has 0 radical (unpaired) electrons. The molecule has 1 aliphatic rings. The Morgan fingerprint density at radius 3 is 2.92 bits per heavy atom. The van der Waals surface area contributed by atoms with Gasteiger partial charge in [0.25, 0.3) is 0 Å². The topological polar surface area (TPSA) is 63.6 Å². The highest BCUT2D eigenvalue weighted by atomic mass is 16.5. The lowest BCUT2D eigenvalue weighted by molar-refractivity contribution is -0.152. The largest absolute Gasteiger partial charge is 0.481 e. The third kappa shape index (κ3) is 1.57. The van der Waals surface area contributed by atoms with Crippen LogP contribution in [0, 0.1) is 11.8 Å². The molecular formula is C8H12O4. The van der Waals surface area contributed by atoms with Crippen LogP contribution in [0.25, 0.3) is 0 Å². The highest BCUT2D eigenvalue weighted by Gasteiger charge is 2.41. The van der Waals surface area contributed by atoms with Crippen LogP contribution >= 0.6 is 0 Å². The zero-order valence-corrected chi connectivity index (χ0v) is 6.95. The second-order valence-corrected chi connectivity index (χ2v) is 2.99. The molecule has 0 aromatic carbocycles. The number of carbonyl (C=O) groups is 2. The first-order valence-corrected chi connectivity index (χ1v) is 4.06. The summed E-state index contributed by atoms with van der Waals surface area (Å²) in [5.41, 5.74) is 0. The van der Waals surface area contributed by atoms with E-state index in [1.54, 1.807) is 0 Å². The smallest absolute Gasteiger partial charge is 0.320 e. The van der Waals surface area contributed by atoms with Crippen LogP contribution < -0.4 is 0 Å². The minimum Gasteiger partial charge on any atom is -0.481 e. The number of aliphatic carboxylic acids is 1. The molecule has 68 valence electrons. The summed E-state index contributed by atoms with van der Waals surface area (Å²) < 4.78 is 4.67. The van der Waals surface area contributed by atoms with Gasteiger partial charge in [0.2, 0.25) is 0 Å². The van der Waals surface area contributed by atoms with E-state index in [0.29, 0.717) is 0 Å². The molecule has 2 unspecified atom stereocenters. The fourth-order valence-corrected chi connectivity index (χ4v) is 1.49. The van der Waals surface area contributed by atoms with Crippen LogP contribution in [0.3, 0.4) is 0 Å². The molecule has 1 rings (SSSR count). The summed E-state index contributed by atoms with van der Waals surface area (Å²) in [6, 6.07) is 0. The number of rotatable bonds is 3. The Labute approximate surface area is 70.5 Å². The molecule has 0 aromatic rings. The average Bonchev–Trinajstić information content (AvgIpc) is 2.32. The molecule has 4 heteroatoms. The molecule has 0 aromatic heterocycles. The minimum absolute atomic E-state index is 0.125. The lowest BCUT2D eigenvalue weighted by Crippen LogP contribution is -2.25. The first-order valence-electron chi connectivity index (χ1n) is 4.06. The molecule has 4 nitrogen and oxygen atoms in total. The van der Waals surface area contributed by atoms with Crippen LogP contribution in [0.4, 0.5) is 0 Å². The van der Waals surface area contributed by atoms with Gasteiger partial charge in [-0.15, -0.1) is 0 Å². The first kappa shape index (κ1) is 9.03. The molecule has 0 amide bonds. The van der Waals surface area contributed by atoms with Crippen molar-refractivity contribution in [2.45, 2.75) is 19.8 Å². The molecule has 0 aliphatic carbocycles. The monoisotopic (exact) mass is 172 g/mol. The lowest BCUT2D eigenvalue weighted by Gasteiger charge is -2.08. The summed E-state index contributed by atoms with van der Waals surface area (Å²) in [6.07, 6.45) is 1.62.